The summed E-state index contributed by atoms with van der Waals surface area (Å²) in [5.41, 5.74) is 0.326. The third-order valence-corrected chi connectivity index (χ3v) is 5.84. The summed E-state index contributed by atoms with van der Waals surface area (Å²) in [5.74, 6) is 0.545. The zero-order valence-electron chi connectivity index (χ0n) is 12.0. The fourth-order valence-corrected chi connectivity index (χ4v) is 4.91. The van der Waals surface area contributed by atoms with Crippen molar-refractivity contribution in [3.8, 4) is 0 Å². The Hall–Kier alpha value is -0.460. The molecule has 3 heterocycles. The van der Waals surface area contributed by atoms with Gasteiger partial charge in [0.1, 0.15) is 5.60 Å². The number of fused-ring (bicyclic) bond motifs is 1. The summed E-state index contributed by atoms with van der Waals surface area (Å²) in [7, 11) is 0. The molecular weight excluding hydrogens is 260 g/mol. The fourth-order valence-electron chi connectivity index (χ4n) is 4.91. The minimum atomic E-state index is -0.809. The molecule has 1 N–H and O–H groups in total. The predicted molar refractivity (Wildman–Crippen MR) is 69.4 cm³/mol. The summed E-state index contributed by atoms with van der Waals surface area (Å²) in [6, 6.07) is 0. The summed E-state index contributed by atoms with van der Waals surface area (Å²) < 4.78 is 18.3. The van der Waals surface area contributed by atoms with Crippen molar-refractivity contribution in [1.82, 2.24) is 0 Å². The first-order chi connectivity index (χ1) is 9.50. The van der Waals surface area contributed by atoms with Crippen LogP contribution in [0, 0.1) is 17.8 Å². The van der Waals surface area contributed by atoms with E-state index in [2.05, 4.69) is 18.4 Å². The Kier molecular flexibility index (Phi) is 2.68. The van der Waals surface area contributed by atoms with E-state index in [4.69, 9.17) is 19.5 Å². The summed E-state index contributed by atoms with van der Waals surface area (Å²) in [6.07, 6.45) is 2.81. The molecule has 3 aliphatic heterocycles. The molecule has 2 bridgehead atoms. The average Bonchev–Trinajstić information content (AvgIpc) is 2.63. The van der Waals surface area contributed by atoms with Gasteiger partial charge >= 0.3 is 0 Å². The van der Waals surface area contributed by atoms with Crippen molar-refractivity contribution in [3.05, 3.63) is 12.2 Å². The Balaban J connectivity index is 1.81. The third kappa shape index (κ3) is 1.45. The maximum absolute atomic E-state index is 9.05. The highest BCUT2D eigenvalue weighted by molar-refractivity contribution is 5.23. The lowest BCUT2D eigenvalue weighted by Crippen LogP contribution is -2.64. The van der Waals surface area contributed by atoms with Gasteiger partial charge in [-0.3, -0.25) is 0 Å². The first-order valence-electron chi connectivity index (χ1n) is 7.52. The van der Waals surface area contributed by atoms with Crippen molar-refractivity contribution in [1.29, 1.82) is 0 Å². The second kappa shape index (κ2) is 4.05. The Morgan fingerprint density at radius 1 is 1.35 bits per heavy atom. The molecule has 5 nitrogen and oxygen atoms in total. The van der Waals surface area contributed by atoms with Crippen LogP contribution in [0.1, 0.15) is 39.5 Å². The molecule has 0 radical (unpaired) electrons. The molecule has 0 aromatic heterocycles. The zero-order valence-corrected chi connectivity index (χ0v) is 12.0. The lowest BCUT2D eigenvalue weighted by atomic mass is 9.58. The Morgan fingerprint density at radius 3 is 2.90 bits per heavy atom. The van der Waals surface area contributed by atoms with E-state index >= 15 is 0 Å². The zero-order chi connectivity index (χ0) is 14.1. The van der Waals surface area contributed by atoms with Gasteiger partial charge in [0.05, 0.1) is 0 Å². The van der Waals surface area contributed by atoms with Gasteiger partial charge < -0.3 is 14.2 Å². The SMILES string of the molecule is C=C1[C@@H](OO)O[C@@H]2O[C@]3(C)CC[C@H]4[C@H](C)CC[C@@H]1[C@@]24O3. The van der Waals surface area contributed by atoms with Crippen LogP contribution in [-0.2, 0) is 19.1 Å². The normalized spacial score (nSPS) is 57.5. The minimum Gasteiger partial charge on any atom is -0.337 e. The first kappa shape index (κ1) is 13.2. The topological polar surface area (TPSA) is 57.2 Å². The van der Waals surface area contributed by atoms with Crippen molar-refractivity contribution in [2.75, 3.05) is 0 Å². The molecule has 20 heavy (non-hydrogen) atoms. The van der Waals surface area contributed by atoms with Crippen molar-refractivity contribution in [3.63, 3.8) is 0 Å². The van der Waals surface area contributed by atoms with E-state index in [-0.39, 0.29) is 5.92 Å². The number of hydrogen-bond acceptors (Lipinski definition) is 5. The maximum atomic E-state index is 9.05. The standard InChI is InChI=1S/C15H22O5/c1-8-4-5-11-9(2)12(19-16)17-13-15(11)10(8)6-7-14(3,18-13)20-15/h8,10-13,16H,2,4-7H2,1,3H3/t8-,10+,11+,12-,13-,14+,15-/m1/s1. The predicted octanol–water partition coefficient (Wildman–Crippen LogP) is 2.67. The van der Waals surface area contributed by atoms with Gasteiger partial charge in [0, 0.05) is 12.3 Å². The molecule has 0 amide bonds. The quantitative estimate of drug-likeness (QED) is 0.455. The van der Waals surface area contributed by atoms with E-state index in [0.717, 1.165) is 31.3 Å². The second-order valence-electron chi connectivity index (χ2n) is 6.94. The number of rotatable bonds is 1. The molecule has 5 heteroatoms. The van der Waals surface area contributed by atoms with Crippen molar-refractivity contribution in [2.45, 2.75) is 63.5 Å². The van der Waals surface area contributed by atoms with Crippen LogP contribution in [0.25, 0.3) is 0 Å². The van der Waals surface area contributed by atoms with Gasteiger partial charge in [-0.25, -0.2) is 10.1 Å². The van der Waals surface area contributed by atoms with E-state index in [0.29, 0.717) is 11.8 Å². The molecule has 1 spiro atoms. The van der Waals surface area contributed by atoms with Crippen LogP contribution in [0.15, 0.2) is 12.2 Å². The van der Waals surface area contributed by atoms with Crippen molar-refractivity contribution >= 4 is 0 Å². The summed E-state index contributed by atoms with van der Waals surface area (Å²) in [5, 5.41) is 9.05. The largest absolute Gasteiger partial charge is 0.337 e. The highest BCUT2D eigenvalue weighted by Gasteiger charge is 2.71. The van der Waals surface area contributed by atoms with Crippen LogP contribution >= 0.6 is 0 Å². The molecule has 3 saturated heterocycles. The van der Waals surface area contributed by atoms with E-state index in [9.17, 15) is 0 Å². The Labute approximate surface area is 118 Å². The van der Waals surface area contributed by atoms with Crippen LogP contribution in [0.4, 0.5) is 0 Å². The summed E-state index contributed by atoms with van der Waals surface area (Å²) in [6.45, 7) is 8.36. The van der Waals surface area contributed by atoms with Crippen molar-refractivity contribution in [2.24, 2.45) is 17.8 Å². The molecule has 4 rings (SSSR count). The van der Waals surface area contributed by atoms with Gasteiger partial charge in [-0.1, -0.05) is 13.5 Å². The third-order valence-electron chi connectivity index (χ3n) is 5.84. The first-order valence-corrected chi connectivity index (χ1v) is 7.52. The van der Waals surface area contributed by atoms with Crippen molar-refractivity contribution < 1.29 is 24.4 Å². The van der Waals surface area contributed by atoms with Crippen LogP contribution in [0.2, 0.25) is 0 Å². The Morgan fingerprint density at radius 2 is 2.15 bits per heavy atom. The lowest BCUT2D eigenvalue weighted by molar-refractivity contribution is -0.384. The van der Waals surface area contributed by atoms with Gasteiger partial charge in [-0.05, 0) is 43.6 Å². The van der Waals surface area contributed by atoms with Gasteiger partial charge in [-0.2, -0.15) is 0 Å². The molecule has 1 saturated carbocycles. The number of hydrogen-bond donors (Lipinski definition) is 1. The van der Waals surface area contributed by atoms with Crippen LogP contribution < -0.4 is 0 Å². The van der Waals surface area contributed by atoms with E-state index < -0.39 is 24.0 Å². The molecule has 0 aromatic rings. The highest BCUT2D eigenvalue weighted by Crippen LogP contribution is 2.63. The molecular formula is C15H22O5. The van der Waals surface area contributed by atoms with Gasteiger partial charge in [0.25, 0.3) is 0 Å². The number of ether oxygens (including phenoxy) is 3. The van der Waals surface area contributed by atoms with E-state index in [1.807, 2.05) is 6.92 Å². The van der Waals surface area contributed by atoms with Gasteiger partial charge in [0.2, 0.25) is 6.29 Å². The summed E-state index contributed by atoms with van der Waals surface area (Å²) >= 11 is 0. The molecule has 112 valence electrons. The monoisotopic (exact) mass is 282 g/mol. The molecule has 4 aliphatic rings. The average molecular weight is 282 g/mol. The molecule has 7 atom stereocenters. The highest BCUT2D eigenvalue weighted by atomic mass is 17.1. The van der Waals surface area contributed by atoms with Crippen LogP contribution in [-0.4, -0.2) is 29.2 Å². The van der Waals surface area contributed by atoms with E-state index in [1.165, 1.54) is 0 Å². The van der Waals surface area contributed by atoms with E-state index in [1.54, 1.807) is 0 Å². The fraction of sp³-hybridized carbons (Fsp3) is 0.867. The molecule has 4 fully saturated rings. The smallest absolute Gasteiger partial charge is 0.215 e. The maximum Gasteiger partial charge on any atom is 0.215 e. The molecule has 1 aliphatic carbocycles. The summed E-state index contributed by atoms with van der Waals surface area (Å²) in [4.78, 5) is 4.45. The van der Waals surface area contributed by atoms with Crippen LogP contribution in [0.5, 0.6) is 0 Å². The minimum absolute atomic E-state index is 0.127. The molecule has 0 unspecified atom stereocenters. The van der Waals surface area contributed by atoms with Crippen LogP contribution in [0.3, 0.4) is 0 Å². The molecule has 0 aromatic carbocycles. The second-order valence-corrected chi connectivity index (χ2v) is 6.94. The van der Waals surface area contributed by atoms with Gasteiger partial charge in [0.15, 0.2) is 12.1 Å². The Bertz CT molecular complexity index is 452. The van der Waals surface area contributed by atoms with Gasteiger partial charge in [-0.15, -0.1) is 0 Å². The lowest BCUT2D eigenvalue weighted by Gasteiger charge is -2.56.